The molecule has 130 valence electrons. The van der Waals surface area contributed by atoms with Crippen LogP contribution in [-0.4, -0.2) is 25.7 Å². The zero-order valence-electron chi connectivity index (χ0n) is 13.8. The Morgan fingerprint density at radius 1 is 1.12 bits per heavy atom. The van der Waals surface area contributed by atoms with Gasteiger partial charge in [-0.3, -0.25) is 4.79 Å². The first-order valence-electron chi connectivity index (χ1n) is 7.67. The van der Waals surface area contributed by atoms with Crippen molar-refractivity contribution >= 4 is 26.9 Å². The van der Waals surface area contributed by atoms with E-state index in [0.717, 1.165) is 5.39 Å². The number of sulfonamides is 1. The normalized spacial score (nSPS) is 13.2. The van der Waals surface area contributed by atoms with Crippen LogP contribution in [0.2, 0.25) is 0 Å². The number of carbonyl (C=O) groups excluding carboxylic acids is 1. The van der Waals surface area contributed by atoms with E-state index in [2.05, 4.69) is 0 Å². The summed E-state index contributed by atoms with van der Waals surface area (Å²) in [6.07, 6.45) is 0. The first kappa shape index (κ1) is 17.2. The molecular formula is C18H18N2O4S. The van der Waals surface area contributed by atoms with Gasteiger partial charge in [-0.15, -0.1) is 0 Å². The molecule has 0 aliphatic rings. The fraction of sp³-hybridized carbons (Fsp3) is 0.167. The third-order valence-electron chi connectivity index (χ3n) is 4.22. The molecule has 0 saturated heterocycles. The van der Waals surface area contributed by atoms with Gasteiger partial charge in [0.25, 0.3) is 0 Å². The number of para-hydroxylation sites is 1. The van der Waals surface area contributed by atoms with E-state index in [4.69, 9.17) is 10.2 Å². The van der Waals surface area contributed by atoms with Gasteiger partial charge in [0.05, 0.1) is 10.9 Å². The van der Waals surface area contributed by atoms with Crippen LogP contribution in [0.15, 0.2) is 63.9 Å². The van der Waals surface area contributed by atoms with Crippen molar-refractivity contribution in [3.05, 3.63) is 65.9 Å². The second kappa shape index (κ2) is 6.34. The summed E-state index contributed by atoms with van der Waals surface area (Å²) in [6, 6.07) is 14.4. The van der Waals surface area contributed by atoms with Gasteiger partial charge in [-0.05, 0) is 43.3 Å². The predicted molar refractivity (Wildman–Crippen MR) is 94.5 cm³/mol. The summed E-state index contributed by atoms with van der Waals surface area (Å²) in [4.78, 5) is 11.2. The maximum Gasteiger partial charge on any atom is 0.248 e. The lowest BCUT2D eigenvalue weighted by Crippen LogP contribution is -2.29. The van der Waals surface area contributed by atoms with Crippen molar-refractivity contribution in [2.24, 2.45) is 5.73 Å². The monoisotopic (exact) mass is 358 g/mol. The maximum atomic E-state index is 12.8. The number of amides is 1. The van der Waals surface area contributed by atoms with Crippen LogP contribution in [0.3, 0.4) is 0 Å². The first-order chi connectivity index (χ1) is 11.8. The van der Waals surface area contributed by atoms with Crippen LogP contribution in [0.25, 0.3) is 11.0 Å². The van der Waals surface area contributed by atoms with Crippen molar-refractivity contribution in [2.75, 3.05) is 7.05 Å². The number of primary amides is 1. The average Bonchev–Trinajstić information content (AvgIpc) is 3.04. The van der Waals surface area contributed by atoms with Crippen LogP contribution in [0.5, 0.6) is 0 Å². The highest BCUT2D eigenvalue weighted by atomic mass is 32.2. The topological polar surface area (TPSA) is 93.6 Å². The molecule has 0 spiro atoms. The zero-order chi connectivity index (χ0) is 18.2. The second-order valence-electron chi connectivity index (χ2n) is 5.77. The van der Waals surface area contributed by atoms with Gasteiger partial charge in [0.1, 0.15) is 11.3 Å². The van der Waals surface area contributed by atoms with E-state index >= 15 is 0 Å². The third kappa shape index (κ3) is 3.16. The lowest BCUT2D eigenvalue weighted by Gasteiger charge is -2.22. The number of furan rings is 1. The Hall–Kier alpha value is -2.64. The molecular weight excluding hydrogens is 340 g/mol. The minimum atomic E-state index is -3.75. The molecule has 3 aromatic rings. The minimum Gasteiger partial charge on any atom is -0.459 e. The molecule has 25 heavy (non-hydrogen) atoms. The highest BCUT2D eigenvalue weighted by molar-refractivity contribution is 7.89. The van der Waals surface area contributed by atoms with Crippen LogP contribution in [0.1, 0.15) is 29.1 Å². The molecule has 1 unspecified atom stereocenters. The van der Waals surface area contributed by atoms with Gasteiger partial charge in [0, 0.05) is 18.0 Å². The Kier molecular flexibility index (Phi) is 4.36. The fourth-order valence-corrected chi connectivity index (χ4v) is 3.89. The van der Waals surface area contributed by atoms with E-state index in [1.807, 2.05) is 30.3 Å². The number of rotatable bonds is 5. The second-order valence-corrected chi connectivity index (χ2v) is 7.77. The van der Waals surface area contributed by atoms with E-state index in [-0.39, 0.29) is 10.5 Å². The third-order valence-corrected chi connectivity index (χ3v) is 6.16. The standard InChI is InChI=1S/C18H18N2O4S/c1-12(17-11-14-5-3-4-6-16(14)24-17)20(2)25(22,23)15-9-7-13(8-10-15)18(19)21/h3-12H,1-2H3,(H2,19,21). The summed E-state index contributed by atoms with van der Waals surface area (Å²) in [5.41, 5.74) is 6.15. The number of carbonyl (C=O) groups is 1. The Balaban J connectivity index is 1.91. The molecule has 7 heteroatoms. The van der Waals surface area contributed by atoms with Crippen LogP contribution in [0, 0.1) is 0 Å². The number of benzene rings is 2. The highest BCUT2D eigenvalue weighted by Crippen LogP contribution is 2.30. The van der Waals surface area contributed by atoms with Crippen LogP contribution >= 0.6 is 0 Å². The van der Waals surface area contributed by atoms with Gasteiger partial charge in [0.15, 0.2) is 0 Å². The molecule has 3 rings (SSSR count). The van der Waals surface area contributed by atoms with Crippen molar-refractivity contribution in [1.29, 1.82) is 0 Å². The van der Waals surface area contributed by atoms with Gasteiger partial charge in [-0.2, -0.15) is 4.31 Å². The van der Waals surface area contributed by atoms with Crippen molar-refractivity contribution in [3.8, 4) is 0 Å². The van der Waals surface area contributed by atoms with Crippen LogP contribution in [0.4, 0.5) is 0 Å². The van der Waals surface area contributed by atoms with E-state index in [1.165, 1.54) is 35.6 Å². The molecule has 0 bridgehead atoms. The maximum absolute atomic E-state index is 12.8. The van der Waals surface area contributed by atoms with Gasteiger partial charge in [-0.1, -0.05) is 18.2 Å². The summed E-state index contributed by atoms with van der Waals surface area (Å²) < 4.78 is 32.6. The molecule has 1 amide bonds. The van der Waals surface area contributed by atoms with Gasteiger partial charge in [0.2, 0.25) is 15.9 Å². The largest absolute Gasteiger partial charge is 0.459 e. The first-order valence-corrected chi connectivity index (χ1v) is 9.11. The summed E-state index contributed by atoms with van der Waals surface area (Å²) in [7, 11) is -2.25. The molecule has 6 nitrogen and oxygen atoms in total. The summed E-state index contributed by atoms with van der Waals surface area (Å²) >= 11 is 0. The van der Waals surface area contributed by atoms with Crippen molar-refractivity contribution in [3.63, 3.8) is 0 Å². The summed E-state index contributed by atoms with van der Waals surface area (Å²) in [5, 5.41) is 0.918. The van der Waals surface area contributed by atoms with Gasteiger partial charge >= 0.3 is 0 Å². The molecule has 0 radical (unpaired) electrons. The number of fused-ring (bicyclic) bond motifs is 1. The van der Waals surface area contributed by atoms with E-state index in [1.54, 1.807) is 6.92 Å². The average molecular weight is 358 g/mol. The quantitative estimate of drug-likeness (QED) is 0.759. The predicted octanol–water partition coefficient (Wildman–Crippen LogP) is 2.91. The molecule has 1 aromatic heterocycles. The van der Waals surface area contributed by atoms with E-state index in [0.29, 0.717) is 11.3 Å². The van der Waals surface area contributed by atoms with Crippen LogP contribution in [-0.2, 0) is 10.0 Å². The Bertz CT molecular complexity index is 990. The molecule has 0 aliphatic heterocycles. The van der Waals surface area contributed by atoms with Crippen molar-refractivity contribution in [2.45, 2.75) is 17.9 Å². The Labute approximate surface area is 145 Å². The lowest BCUT2D eigenvalue weighted by atomic mass is 10.2. The van der Waals surface area contributed by atoms with Gasteiger partial charge < -0.3 is 10.2 Å². The zero-order valence-corrected chi connectivity index (χ0v) is 14.7. The Morgan fingerprint density at radius 3 is 2.36 bits per heavy atom. The molecule has 0 aliphatic carbocycles. The number of nitrogens with zero attached hydrogens (tertiary/aromatic N) is 1. The molecule has 0 saturated carbocycles. The molecule has 2 aromatic carbocycles. The highest BCUT2D eigenvalue weighted by Gasteiger charge is 2.28. The molecule has 1 atom stereocenters. The van der Waals surface area contributed by atoms with Crippen molar-refractivity contribution in [1.82, 2.24) is 4.31 Å². The minimum absolute atomic E-state index is 0.0861. The fourth-order valence-electron chi connectivity index (χ4n) is 2.55. The molecule has 1 heterocycles. The number of nitrogens with two attached hydrogens (primary N) is 1. The smallest absolute Gasteiger partial charge is 0.248 e. The molecule has 0 fully saturated rings. The SMILES string of the molecule is CC(c1cc2ccccc2o1)N(C)S(=O)(=O)c1ccc(C(N)=O)cc1. The molecule has 2 N–H and O–H groups in total. The van der Waals surface area contributed by atoms with E-state index in [9.17, 15) is 13.2 Å². The van der Waals surface area contributed by atoms with Gasteiger partial charge in [-0.25, -0.2) is 8.42 Å². The summed E-state index contributed by atoms with van der Waals surface area (Å²) in [6.45, 7) is 1.76. The lowest BCUT2D eigenvalue weighted by molar-refractivity contribution is 0.1000. The summed E-state index contributed by atoms with van der Waals surface area (Å²) in [5.74, 6) is -0.0472. The number of hydrogen-bond donors (Lipinski definition) is 1. The van der Waals surface area contributed by atoms with Crippen LogP contribution < -0.4 is 5.73 Å². The Morgan fingerprint density at radius 2 is 1.76 bits per heavy atom. The van der Waals surface area contributed by atoms with Crippen molar-refractivity contribution < 1.29 is 17.6 Å². The van der Waals surface area contributed by atoms with E-state index < -0.39 is 22.0 Å². The number of hydrogen-bond acceptors (Lipinski definition) is 4.